The fourth-order valence-electron chi connectivity index (χ4n) is 1.45. The number of rotatable bonds is 4. The molecule has 1 fully saturated rings. The van der Waals surface area contributed by atoms with E-state index in [1.54, 1.807) is 0 Å². The highest BCUT2D eigenvalue weighted by Crippen LogP contribution is 2.28. The molecule has 1 heterocycles. The van der Waals surface area contributed by atoms with Gasteiger partial charge in [-0.2, -0.15) is 0 Å². The van der Waals surface area contributed by atoms with Crippen LogP contribution in [0.2, 0.25) is 0 Å². The van der Waals surface area contributed by atoms with Crippen molar-refractivity contribution in [2.75, 3.05) is 19.7 Å². The number of ether oxygens (including phenoxy) is 1. The van der Waals surface area contributed by atoms with Gasteiger partial charge >= 0.3 is 0 Å². The summed E-state index contributed by atoms with van der Waals surface area (Å²) in [5, 5.41) is 40.0. The molecule has 14 heavy (non-hydrogen) atoms. The molecular weight excluding hydrogens is 190 g/mol. The molecule has 6 heteroatoms. The van der Waals surface area contributed by atoms with Gasteiger partial charge in [0, 0.05) is 6.54 Å². The van der Waals surface area contributed by atoms with E-state index >= 15 is 0 Å². The number of likely N-dealkylation sites (N-methyl/N-ethyl adjacent to an activating group) is 1. The predicted molar refractivity (Wildman–Crippen MR) is 47.5 cm³/mol. The van der Waals surface area contributed by atoms with Crippen LogP contribution in [0.3, 0.4) is 0 Å². The first-order valence-electron chi connectivity index (χ1n) is 4.63. The Labute approximate surface area is 82.1 Å². The largest absolute Gasteiger partial charge is 0.391 e. The normalized spacial score (nSPS) is 43.1. The van der Waals surface area contributed by atoms with Crippen molar-refractivity contribution in [3.63, 3.8) is 0 Å². The molecule has 6 nitrogen and oxygen atoms in total. The number of aliphatic hydroxyl groups excluding tert-OH is 3. The highest BCUT2D eigenvalue weighted by Gasteiger charge is 2.52. The van der Waals surface area contributed by atoms with Gasteiger partial charge in [0.25, 0.3) is 0 Å². The summed E-state index contributed by atoms with van der Waals surface area (Å²) in [6, 6.07) is 0. The van der Waals surface area contributed by atoms with Crippen LogP contribution in [-0.4, -0.2) is 64.2 Å². The molecule has 0 radical (unpaired) electrons. The summed E-state index contributed by atoms with van der Waals surface area (Å²) >= 11 is 0. The minimum atomic E-state index is -2.04. The van der Waals surface area contributed by atoms with Crippen molar-refractivity contribution < 1.29 is 25.2 Å². The van der Waals surface area contributed by atoms with E-state index in [0.29, 0.717) is 13.1 Å². The maximum absolute atomic E-state index is 9.50. The Morgan fingerprint density at radius 1 is 1.43 bits per heavy atom. The first kappa shape index (κ1) is 11.8. The summed E-state index contributed by atoms with van der Waals surface area (Å²) < 4.78 is 4.97. The molecular formula is C8H17NO5. The van der Waals surface area contributed by atoms with Crippen LogP contribution in [0, 0.1) is 0 Å². The van der Waals surface area contributed by atoms with Gasteiger partial charge in [-0.3, -0.25) is 0 Å². The van der Waals surface area contributed by atoms with Gasteiger partial charge in [-0.15, -0.1) is 0 Å². The molecule has 1 saturated heterocycles. The van der Waals surface area contributed by atoms with Crippen molar-refractivity contribution in [3.8, 4) is 0 Å². The molecule has 0 aromatic carbocycles. The topological polar surface area (TPSA) is 102 Å². The van der Waals surface area contributed by atoms with E-state index in [4.69, 9.17) is 9.84 Å². The molecule has 0 unspecified atom stereocenters. The van der Waals surface area contributed by atoms with Gasteiger partial charge in [-0.25, -0.2) is 0 Å². The van der Waals surface area contributed by atoms with Crippen LogP contribution in [0.1, 0.15) is 6.92 Å². The van der Waals surface area contributed by atoms with Crippen LogP contribution in [0.15, 0.2) is 0 Å². The Morgan fingerprint density at radius 2 is 2.07 bits per heavy atom. The average molecular weight is 207 g/mol. The van der Waals surface area contributed by atoms with Gasteiger partial charge in [0.15, 0.2) is 0 Å². The zero-order valence-electron chi connectivity index (χ0n) is 8.05. The van der Waals surface area contributed by atoms with Gasteiger partial charge in [0.05, 0.1) is 6.61 Å². The number of aliphatic hydroxyl groups is 4. The van der Waals surface area contributed by atoms with E-state index in [1.165, 1.54) is 0 Å². The Hall–Kier alpha value is -0.240. The summed E-state index contributed by atoms with van der Waals surface area (Å²) in [4.78, 5) is 0. The third kappa shape index (κ3) is 2.05. The molecule has 0 bridgehead atoms. The first-order valence-corrected chi connectivity index (χ1v) is 4.63. The number of hydrogen-bond donors (Lipinski definition) is 5. The molecule has 0 spiro atoms. The van der Waals surface area contributed by atoms with Crippen LogP contribution < -0.4 is 5.32 Å². The van der Waals surface area contributed by atoms with Crippen LogP contribution >= 0.6 is 0 Å². The molecule has 1 rings (SSSR count). The second-order valence-electron chi connectivity index (χ2n) is 3.40. The lowest BCUT2D eigenvalue weighted by atomic mass is 10.1. The lowest BCUT2D eigenvalue weighted by Crippen LogP contribution is -2.46. The van der Waals surface area contributed by atoms with E-state index < -0.39 is 30.7 Å². The van der Waals surface area contributed by atoms with Gasteiger partial charge in [-0.1, -0.05) is 6.92 Å². The highest BCUT2D eigenvalue weighted by atomic mass is 16.7. The van der Waals surface area contributed by atoms with Crippen molar-refractivity contribution >= 4 is 0 Å². The van der Waals surface area contributed by atoms with E-state index in [1.807, 2.05) is 6.92 Å². The van der Waals surface area contributed by atoms with Crippen LogP contribution in [0.4, 0.5) is 0 Å². The van der Waals surface area contributed by atoms with E-state index in [9.17, 15) is 15.3 Å². The van der Waals surface area contributed by atoms with Crippen LogP contribution in [0.25, 0.3) is 0 Å². The zero-order valence-corrected chi connectivity index (χ0v) is 8.05. The standard InChI is InChI=1S/C8H17NO5/c1-2-9-3-5-6(11)7(12)8(13,4-10)14-5/h5-7,9-13H,2-4H2,1H3/t5-,6+,7-,8+/m0/s1. The predicted octanol–water partition coefficient (Wildman–Crippen LogP) is -2.60. The summed E-state index contributed by atoms with van der Waals surface area (Å²) in [5.41, 5.74) is 0. The summed E-state index contributed by atoms with van der Waals surface area (Å²) in [6.45, 7) is 2.15. The Kier molecular flexibility index (Phi) is 3.82. The lowest BCUT2D eigenvalue weighted by Gasteiger charge is -2.22. The second-order valence-corrected chi connectivity index (χ2v) is 3.40. The maximum atomic E-state index is 9.50. The minimum Gasteiger partial charge on any atom is -0.391 e. The fraction of sp³-hybridized carbons (Fsp3) is 1.00. The molecule has 1 aliphatic heterocycles. The fourth-order valence-corrected chi connectivity index (χ4v) is 1.45. The third-order valence-corrected chi connectivity index (χ3v) is 2.34. The maximum Gasteiger partial charge on any atom is 0.219 e. The summed E-state index contributed by atoms with van der Waals surface area (Å²) in [7, 11) is 0. The second kappa shape index (κ2) is 4.52. The van der Waals surface area contributed by atoms with Crippen molar-refractivity contribution in [2.24, 2.45) is 0 Å². The Bertz CT molecular complexity index is 191. The molecule has 5 N–H and O–H groups in total. The molecule has 84 valence electrons. The molecule has 0 saturated carbocycles. The smallest absolute Gasteiger partial charge is 0.219 e. The van der Waals surface area contributed by atoms with Crippen molar-refractivity contribution in [1.29, 1.82) is 0 Å². The SMILES string of the molecule is CCNC[C@@H]1O[C@](O)(CO)[C@@H](O)[C@@H]1O. The molecule has 0 amide bonds. The minimum absolute atomic E-state index is 0.317. The van der Waals surface area contributed by atoms with Gasteiger partial charge in [0.2, 0.25) is 5.79 Å². The van der Waals surface area contributed by atoms with Crippen molar-refractivity contribution in [1.82, 2.24) is 5.32 Å². The third-order valence-electron chi connectivity index (χ3n) is 2.34. The molecule has 0 aromatic heterocycles. The van der Waals surface area contributed by atoms with Gasteiger partial charge < -0.3 is 30.5 Å². The van der Waals surface area contributed by atoms with Crippen molar-refractivity contribution in [2.45, 2.75) is 31.0 Å². The van der Waals surface area contributed by atoms with E-state index in [2.05, 4.69) is 5.32 Å². The molecule has 0 aromatic rings. The molecule has 1 aliphatic rings. The van der Waals surface area contributed by atoms with E-state index in [-0.39, 0.29) is 0 Å². The quantitative estimate of drug-likeness (QED) is 0.346. The Morgan fingerprint density at radius 3 is 2.50 bits per heavy atom. The van der Waals surface area contributed by atoms with Crippen LogP contribution in [0.5, 0.6) is 0 Å². The number of nitrogens with one attached hydrogen (secondary N) is 1. The lowest BCUT2D eigenvalue weighted by molar-refractivity contribution is -0.245. The highest BCUT2D eigenvalue weighted by molar-refractivity contribution is 4.95. The van der Waals surface area contributed by atoms with E-state index in [0.717, 1.165) is 0 Å². The van der Waals surface area contributed by atoms with Crippen LogP contribution in [-0.2, 0) is 4.74 Å². The summed E-state index contributed by atoms with van der Waals surface area (Å²) in [5.74, 6) is -2.04. The van der Waals surface area contributed by atoms with Gasteiger partial charge in [0.1, 0.15) is 18.3 Å². The van der Waals surface area contributed by atoms with Crippen molar-refractivity contribution in [3.05, 3.63) is 0 Å². The molecule has 4 atom stereocenters. The molecule has 0 aliphatic carbocycles. The number of hydrogen-bond acceptors (Lipinski definition) is 6. The Balaban J connectivity index is 2.57. The van der Waals surface area contributed by atoms with Gasteiger partial charge in [-0.05, 0) is 6.54 Å². The monoisotopic (exact) mass is 207 g/mol. The average Bonchev–Trinajstić information content (AvgIpc) is 2.41. The summed E-state index contributed by atoms with van der Waals surface area (Å²) in [6.07, 6.45) is -3.37. The zero-order chi connectivity index (χ0) is 10.8. The first-order chi connectivity index (χ1) is 6.55.